The van der Waals surface area contributed by atoms with Gasteiger partial charge in [0, 0.05) is 6.42 Å². The number of benzene rings is 1. The first-order chi connectivity index (χ1) is 9.19. The van der Waals surface area contributed by atoms with Crippen molar-refractivity contribution in [1.82, 2.24) is 10.2 Å². The molecule has 1 heterocycles. The van der Waals surface area contributed by atoms with E-state index in [-0.39, 0.29) is 10.1 Å². The van der Waals surface area contributed by atoms with Gasteiger partial charge in [0.2, 0.25) is 5.89 Å². The van der Waals surface area contributed by atoms with Gasteiger partial charge in [0.1, 0.15) is 4.91 Å². The maximum atomic E-state index is 11.2. The number of rotatable bonds is 5. The lowest BCUT2D eigenvalue weighted by atomic mass is 10.2. The number of hydrogen-bond acceptors (Lipinski definition) is 5. The van der Waals surface area contributed by atoms with Crippen molar-refractivity contribution in [2.24, 2.45) is 0 Å². The fraction of sp³-hybridized carbons (Fsp3) is 0.154. The van der Waals surface area contributed by atoms with E-state index in [9.17, 15) is 9.90 Å². The molecule has 0 spiro atoms. The summed E-state index contributed by atoms with van der Waals surface area (Å²) in [4.78, 5) is 11.3. The lowest BCUT2D eigenvalue weighted by molar-refractivity contribution is -0.131. The number of aromatic nitrogens is 2. The Morgan fingerprint density at radius 3 is 2.68 bits per heavy atom. The number of aliphatic carboxylic acids is 1. The quantitative estimate of drug-likeness (QED) is 0.668. The third kappa shape index (κ3) is 3.69. The Hall–Kier alpha value is -2.08. The maximum absolute atomic E-state index is 11.2. The Labute approximate surface area is 114 Å². The fourth-order valence-corrected chi connectivity index (χ4v) is 2.04. The molecule has 19 heavy (non-hydrogen) atoms. The zero-order valence-electron chi connectivity index (χ0n) is 10.2. The van der Waals surface area contributed by atoms with Crippen LogP contribution in [0.5, 0.6) is 0 Å². The van der Waals surface area contributed by atoms with Crippen LogP contribution >= 0.6 is 11.8 Å². The highest BCUT2D eigenvalue weighted by Gasteiger charge is 2.14. The average molecular weight is 276 g/mol. The third-order valence-corrected chi connectivity index (χ3v) is 3.11. The molecule has 0 radical (unpaired) electrons. The molecule has 0 aliphatic carbocycles. The zero-order valence-corrected chi connectivity index (χ0v) is 11.1. The minimum Gasteiger partial charge on any atom is -0.477 e. The summed E-state index contributed by atoms with van der Waals surface area (Å²) in [5.41, 5.74) is 0.808. The number of carbonyl (C=O) groups is 1. The second kappa shape index (κ2) is 6.19. The van der Waals surface area contributed by atoms with Crippen LogP contribution in [0, 0.1) is 0 Å². The number of nitrogens with zero attached hydrogens (tertiary/aromatic N) is 2. The van der Waals surface area contributed by atoms with E-state index in [1.807, 2.05) is 37.3 Å². The molecule has 0 aliphatic heterocycles. The molecule has 2 aromatic rings. The highest BCUT2D eigenvalue weighted by molar-refractivity contribution is 8.03. The van der Waals surface area contributed by atoms with Gasteiger partial charge in [0.25, 0.3) is 5.22 Å². The Morgan fingerprint density at radius 1 is 1.37 bits per heavy atom. The van der Waals surface area contributed by atoms with Gasteiger partial charge in [-0.3, -0.25) is 0 Å². The number of aryl methyl sites for hydroxylation is 1. The van der Waals surface area contributed by atoms with E-state index in [2.05, 4.69) is 10.2 Å². The fourth-order valence-electron chi connectivity index (χ4n) is 1.35. The molecule has 5 nitrogen and oxygen atoms in total. The van der Waals surface area contributed by atoms with Crippen molar-refractivity contribution >= 4 is 23.8 Å². The molecule has 0 unspecified atom stereocenters. The van der Waals surface area contributed by atoms with E-state index in [0.717, 1.165) is 17.3 Å². The highest BCUT2D eigenvalue weighted by Crippen LogP contribution is 2.27. The van der Waals surface area contributed by atoms with E-state index >= 15 is 0 Å². The van der Waals surface area contributed by atoms with Crippen LogP contribution in [0.4, 0.5) is 0 Å². The highest BCUT2D eigenvalue weighted by atomic mass is 32.2. The van der Waals surface area contributed by atoms with Crippen LogP contribution < -0.4 is 0 Å². The second-order valence-corrected chi connectivity index (χ2v) is 4.63. The minimum atomic E-state index is -1.02. The molecule has 0 atom stereocenters. The van der Waals surface area contributed by atoms with Gasteiger partial charge >= 0.3 is 5.97 Å². The Balaban J connectivity index is 2.21. The monoisotopic (exact) mass is 276 g/mol. The van der Waals surface area contributed by atoms with Crippen LogP contribution in [0.2, 0.25) is 0 Å². The number of thioether (sulfide) groups is 1. The van der Waals surface area contributed by atoms with Gasteiger partial charge in [-0.05, 0) is 23.4 Å². The first-order valence-corrected chi connectivity index (χ1v) is 6.51. The summed E-state index contributed by atoms with van der Waals surface area (Å²) in [5, 5.41) is 17.0. The van der Waals surface area contributed by atoms with Gasteiger partial charge in [-0.1, -0.05) is 37.3 Å². The summed E-state index contributed by atoms with van der Waals surface area (Å²) in [7, 11) is 0. The predicted octanol–water partition coefficient (Wildman–Crippen LogP) is 2.85. The average Bonchev–Trinajstić information content (AvgIpc) is 2.87. The van der Waals surface area contributed by atoms with Crippen LogP contribution in [0.3, 0.4) is 0 Å². The molecule has 0 amide bonds. The van der Waals surface area contributed by atoms with Crippen molar-refractivity contribution in [2.45, 2.75) is 18.6 Å². The molecular weight excluding hydrogens is 264 g/mol. The molecule has 0 aliphatic rings. The van der Waals surface area contributed by atoms with Gasteiger partial charge in [0.05, 0.1) is 0 Å². The SMILES string of the molecule is CCc1nnc(S/C(=C\c2ccccc2)C(=O)O)o1. The van der Waals surface area contributed by atoms with Crippen molar-refractivity contribution < 1.29 is 14.3 Å². The minimum absolute atomic E-state index is 0.137. The third-order valence-electron chi connectivity index (χ3n) is 2.26. The summed E-state index contributed by atoms with van der Waals surface area (Å²) >= 11 is 0.949. The van der Waals surface area contributed by atoms with Crippen molar-refractivity contribution in [3.63, 3.8) is 0 Å². The molecule has 2 rings (SSSR count). The predicted molar refractivity (Wildman–Crippen MR) is 71.6 cm³/mol. The van der Waals surface area contributed by atoms with Gasteiger partial charge in [-0.15, -0.1) is 10.2 Å². The second-order valence-electron chi connectivity index (χ2n) is 3.64. The van der Waals surface area contributed by atoms with Crippen molar-refractivity contribution in [3.8, 4) is 0 Å². The Morgan fingerprint density at radius 2 is 2.11 bits per heavy atom. The molecule has 1 aromatic carbocycles. The molecule has 0 saturated carbocycles. The lowest BCUT2D eigenvalue weighted by Gasteiger charge is -1.98. The van der Waals surface area contributed by atoms with Gasteiger partial charge in [-0.2, -0.15) is 0 Å². The molecular formula is C13H12N2O3S. The van der Waals surface area contributed by atoms with Gasteiger partial charge in [0.15, 0.2) is 0 Å². The maximum Gasteiger partial charge on any atom is 0.342 e. The normalized spacial score (nSPS) is 11.5. The largest absolute Gasteiger partial charge is 0.477 e. The number of hydrogen-bond donors (Lipinski definition) is 1. The summed E-state index contributed by atoms with van der Waals surface area (Å²) < 4.78 is 5.29. The first-order valence-electron chi connectivity index (χ1n) is 5.69. The van der Waals surface area contributed by atoms with Gasteiger partial charge in [-0.25, -0.2) is 4.79 Å². The van der Waals surface area contributed by atoms with E-state index in [0.29, 0.717) is 12.3 Å². The van der Waals surface area contributed by atoms with Crippen molar-refractivity contribution in [3.05, 3.63) is 46.7 Å². The molecule has 0 saturated heterocycles. The first kappa shape index (κ1) is 13.4. The molecule has 1 aromatic heterocycles. The molecule has 98 valence electrons. The molecule has 0 bridgehead atoms. The Bertz CT molecular complexity index is 593. The van der Waals surface area contributed by atoms with Crippen LogP contribution in [0.1, 0.15) is 18.4 Å². The van der Waals surface area contributed by atoms with Crippen LogP contribution in [0.25, 0.3) is 6.08 Å². The van der Waals surface area contributed by atoms with E-state index in [1.165, 1.54) is 0 Å². The summed E-state index contributed by atoms with van der Waals surface area (Å²) in [6.07, 6.45) is 2.20. The topological polar surface area (TPSA) is 76.2 Å². The molecule has 1 N–H and O–H groups in total. The van der Waals surface area contributed by atoms with Gasteiger partial charge < -0.3 is 9.52 Å². The lowest BCUT2D eigenvalue weighted by Crippen LogP contribution is -1.96. The zero-order chi connectivity index (χ0) is 13.7. The number of carboxylic acids is 1. The van der Waals surface area contributed by atoms with E-state index in [1.54, 1.807) is 6.08 Å². The van der Waals surface area contributed by atoms with Crippen molar-refractivity contribution in [2.75, 3.05) is 0 Å². The molecule has 6 heteroatoms. The standard InChI is InChI=1S/C13H12N2O3S/c1-2-11-14-15-13(18-11)19-10(12(16)17)8-9-6-4-3-5-7-9/h3-8H,2H2,1H3,(H,16,17)/b10-8-. The number of carboxylic acid groups (broad SMARTS) is 1. The summed E-state index contributed by atoms with van der Waals surface area (Å²) in [6.45, 7) is 1.89. The van der Waals surface area contributed by atoms with Crippen LogP contribution in [-0.2, 0) is 11.2 Å². The summed E-state index contributed by atoms with van der Waals surface area (Å²) in [5.74, 6) is -0.531. The van der Waals surface area contributed by atoms with E-state index < -0.39 is 5.97 Å². The van der Waals surface area contributed by atoms with Crippen LogP contribution in [-0.4, -0.2) is 21.3 Å². The van der Waals surface area contributed by atoms with Crippen molar-refractivity contribution in [1.29, 1.82) is 0 Å². The molecule has 0 fully saturated rings. The van der Waals surface area contributed by atoms with E-state index in [4.69, 9.17) is 4.42 Å². The smallest absolute Gasteiger partial charge is 0.342 e. The van der Waals surface area contributed by atoms with Crippen LogP contribution in [0.15, 0.2) is 44.9 Å². The summed E-state index contributed by atoms with van der Waals surface area (Å²) in [6, 6.07) is 9.22. The Kier molecular flexibility index (Phi) is 4.35.